The van der Waals surface area contributed by atoms with Gasteiger partial charge in [-0.1, -0.05) is 30.3 Å². The zero-order valence-corrected chi connectivity index (χ0v) is 17.5. The number of benzene rings is 2. The lowest BCUT2D eigenvalue weighted by molar-refractivity contribution is 0.102. The van der Waals surface area contributed by atoms with E-state index in [2.05, 4.69) is 5.32 Å². The van der Waals surface area contributed by atoms with E-state index >= 15 is 0 Å². The zero-order valence-electron chi connectivity index (χ0n) is 15.9. The van der Waals surface area contributed by atoms with Crippen molar-refractivity contribution in [3.63, 3.8) is 0 Å². The van der Waals surface area contributed by atoms with Crippen LogP contribution in [0.3, 0.4) is 0 Å². The largest absolute Gasteiger partial charge is 0.322 e. The molecule has 0 saturated carbocycles. The minimum absolute atomic E-state index is 0.208. The van der Waals surface area contributed by atoms with Gasteiger partial charge in [0.1, 0.15) is 4.21 Å². The Morgan fingerprint density at radius 2 is 1.75 bits per heavy atom. The van der Waals surface area contributed by atoms with Crippen molar-refractivity contribution >= 4 is 33.0 Å². The Balaban J connectivity index is 1.80. The van der Waals surface area contributed by atoms with Gasteiger partial charge in [-0.2, -0.15) is 4.31 Å². The van der Waals surface area contributed by atoms with Crippen molar-refractivity contribution in [1.82, 2.24) is 4.31 Å². The van der Waals surface area contributed by atoms with Crippen LogP contribution in [-0.2, 0) is 10.0 Å². The molecule has 0 spiro atoms. The summed E-state index contributed by atoms with van der Waals surface area (Å²) in [4.78, 5) is 13.3. The first-order chi connectivity index (χ1) is 13.3. The topological polar surface area (TPSA) is 66.5 Å². The van der Waals surface area contributed by atoms with E-state index in [9.17, 15) is 13.2 Å². The van der Waals surface area contributed by atoms with Gasteiger partial charge in [-0.3, -0.25) is 4.79 Å². The molecule has 1 amide bonds. The number of nitrogens with one attached hydrogen (secondary N) is 1. The zero-order chi connectivity index (χ0) is 20.3. The lowest BCUT2D eigenvalue weighted by Gasteiger charge is -2.24. The molecule has 0 aliphatic rings. The fourth-order valence-electron chi connectivity index (χ4n) is 2.78. The summed E-state index contributed by atoms with van der Waals surface area (Å²) in [5.41, 5.74) is 1.98. The summed E-state index contributed by atoms with van der Waals surface area (Å²) in [5.74, 6) is -0.208. The van der Waals surface area contributed by atoms with Crippen molar-refractivity contribution in [2.45, 2.75) is 24.1 Å². The minimum Gasteiger partial charge on any atom is -0.322 e. The van der Waals surface area contributed by atoms with E-state index in [1.165, 1.54) is 15.6 Å². The van der Waals surface area contributed by atoms with E-state index in [0.29, 0.717) is 15.5 Å². The summed E-state index contributed by atoms with van der Waals surface area (Å²) >= 11 is 1.26. The Morgan fingerprint density at radius 3 is 2.39 bits per heavy atom. The van der Waals surface area contributed by atoms with Crippen LogP contribution in [0.5, 0.6) is 0 Å². The number of amides is 1. The van der Waals surface area contributed by atoms with Gasteiger partial charge >= 0.3 is 0 Å². The van der Waals surface area contributed by atoms with Crippen molar-refractivity contribution in [3.05, 3.63) is 82.7 Å². The van der Waals surface area contributed by atoms with E-state index < -0.39 is 10.0 Å². The molecule has 0 aliphatic heterocycles. The second-order valence-corrected chi connectivity index (χ2v) is 10.0. The van der Waals surface area contributed by atoms with E-state index in [1.807, 2.05) is 32.0 Å². The normalized spacial score (nSPS) is 12.7. The van der Waals surface area contributed by atoms with Crippen LogP contribution in [0.1, 0.15) is 33.8 Å². The van der Waals surface area contributed by atoms with Crippen LogP contribution in [0, 0.1) is 6.92 Å². The van der Waals surface area contributed by atoms with Gasteiger partial charge in [0.2, 0.25) is 0 Å². The number of hydrogen-bond donors (Lipinski definition) is 1. The summed E-state index contributed by atoms with van der Waals surface area (Å²) in [6.45, 7) is 3.71. The smallest absolute Gasteiger partial charge is 0.255 e. The van der Waals surface area contributed by atoms with Crippen molar-refractivity contribution in [2.75, 3.05) is 12.4 Å². The first kappa shape index (κ1) is 20.3. The van der Waals surface area contributed by atoms with Crippen LogP contribution in [0.2, 0.25) is 0 Å². The fraction of sp³-hybridized carbons (Fsp3) is 0.190. The number of thiophene rings is 1. The molecule has 1 atom stereocenters. The second kappa shape index (κ2) is 8.26. The van der Waals surface area contributed by atoms with Crippen LogP contribution >= 0.6 is 11.3 Å². The quantitative estimate of drug-likeness (QED) is 0.636. The maximum Gasteiger partial charge on any atom is 0.255 e. The molecule has 0 radical (unpaired) electrons. The molecule has 1 aromatic heterocycles. The predicted octanol–water partition coefficient (Wildman–Crippen LogP) is 4.69. The number of sulfonamides is 1. The lowest BCUT2D eigenvalue weighted by atomic mass is 10.1. The summed E-state index contributed by atoms with van der Waals surface area (Å²) in [7, 11) is -2.01. The number of hydrogen-bond acceptors (Lipinski definition) is 4. The molecule has 0 saturated heterocycles. The number of anilines is 1. The molecule has 5 nitrogen and oxygen atoms in total. The minimum atomic E-state index is -3.58. The Morgan fingerprint density at radius 1 is 1.04 bits per heavy atom. The van der Waals surface area contributed by atoms with E-state index in [4.69, 9.17) is 0 Å². The van der Waals surface area contributed by atoms with Crippen LogP contribution in [0.25, 0.3) is 0 Å². The Labute approximate surface area is 169 Å². The molecule has 3 rings (SSSR count). The molecule has 0 fully saturated rings. The van der Waals surface area contributed by atoms with Crippen molar-refractivity contribution in [1.29, 1.82) is 0 Å². The molecule has 0 bridgehead atoms. The summed E-state index contributed by atoms with van der Waals surface area (Å²) < 4.78 is 27.4. The molecule has 1 heterocycles. The standard InChI is InChI=1S/C21H22N2O3S2/c1-15-12-13-20(27-15)28(25,26)23(3)16(2)18-10-7-11-19(14-18)22-21(24)17-8-5-4-6-9-17/h4-14,16H,1-3H3,(H,22,24). The van der Waals surface area contributed by atoms with Crippen molar-refractivity contribution in [2.24, 2.45) is 0 Å². The maximum absolute atomic E-state index is 12.9. The third kappa shape index (κ3) is 4.32. The molecule has 7 heteroatoms. The van der Waals surface area contributed by atoms with Gasteiger partial charge in [0.15, 0.2) is 0 Å². The molecule has 0 aliphatic carbocycles. The lowest BCUT2D eigenvalue weighted by Crippen LogP contribution is -2.29. The van der Waals surface area contributed by atoms with E-state index in [0.717, 1.165) is 10.4 Å². The number of carbonyl (C=O) groups excluding carboxylic acids is 1. The van der Waals surface area contributed by atoms with Crippen LogP contribution in [0.4, 0.5) is 5.69 Å². The summed E-state index contributed by atoms with van der Waals surface area (Å²) in [5, 5.41) is 2.86. The number of rotatable bonds is 6. The molecule has 28 heavy (non-hydrogen) atoms. The van der Waals surface area contributed by atoms with Gasteiger partial charge in [-0.05, 0) is 55.8 Å². The van der Waals surface area contributed by atoms with Crippen LogP contribution in [0.15, 0.2) is 70.9 Å². The van der Waals surface area contributed by atoms with Gasteiger partial charge in [0, 0.05) is 29.2 Å². The average Bonchev–Trinajstić information content (AvgIpc) is 3.15. The van der Waals surface area contributed by atoms with Crippen molar-refractivity contribution < 1.29 is 13.2 Å². The highest BCUT2D eigenvalue weighted by Gasteiger charge is 2.27. The molecule has 2 aromatic carbocycles. The van der Waals surface area contributed by atoms with Crippen molar-refractivity contribution in [3.8, 4) is 0 Å². The third-order valence-corrected chi connectivity index (χ3v) is 7.95. The van der Waals surface area contributed by atoms with Crippen LogP contribution < -0.4 is 5.32 Å². The van der Waals surface area contributed by atoms with E-state index in [-0.39, 0.29) is 11.9 Å². The Bertz CT molecular complexity index is 1080. The van der Waals surface area contributed by atoms with Gasteiger partial charge in [-0.25, -0.2) is 8.42 Å². The first-order valence-electron chi connectivity index (χ1n) is 8.80. The van der Waals surface area contributed by atoms with Gasteiger partial charge in [0.05, 0.1) is 0 Å². The van der Waals surface area contributed by atoms with E-state index in [1.54, 1.807) is 55.6 Å². The molecule has 1 N–H and O–H groups in total. The number of aryl methyl sites for hydroxylation is 1. The molecular weight excluding hydrogens is 392 g/mol. The summed E-state index contributed by atoms with van der Waals surface area (Å²) in [6.07, 6.45) is 0. The second-order valence-electron chi connectivity index (χ2n) is 6.51. The third-order valence-electron chi connectivity index (χ3n) is 4.56. The van der Waals surface area contributed by atoms with Gasteiger partial charge in [-0.15, -0.1) is 11.3 Å². The molecule has 3 aromatic rings. The number of nitrogens with zero attached hydrogens (tertiary/aromatic N) is 1. The van der Waals surface area contributed by atoms with Crippen LogP contribution in [-0.4, -0.2) is 25.7 Å². The highest BCUT2D eigenvalue weighted by Crippen LogP contribution is 2.30. The SMILES string of the molecule is Cc1ccc(S(=O)(=O)N(C)C(C)c2cccc(NC(=O)c3ccccc3)c2)s1. The first-order valence-corrected chi connectivity index (χ1v) is 11.1. The predicted molar refractivity (Wildman–Crippen MR) is 113 cm³/mol. The number of carbonyl (C=O) groups is 1. The highest BCUT2D eigenvalue weighted by molar-refractivity contribution is 7.91. The summed E-state index contributed by atoms with van der Waals surface area (Å²) in [6, 6.07) is 19.2. The Hall–Kier alpha value is -2.48. The molecule has 146 valence electrons. The fourth-order valence-corrected chi connectivity index (χ4v) is 5.60. The average molecular weight is 415 g/mol. The maximum atomic E-state index is 12.9. The molecular formula is C21H22N2O3S2. The van der Waals surface area contributed by atoms with Gasteiger partial charge in [0.25, 0.3) is 15.9 Å². The monoisotopic (exact) mass is 414 g/mol. The van der Waals surface area contributed by atoms with Gasteiger partial charge < -0.3 is 5.32 Å². The molecule has 1 unspecified atom stereocenters. The highest BCUT2D eigenvalue weighted by atomic mass is 32.2. The Kier molecular flexibility index (Phi) is 5.98.